The standard InChI is InChI=1S/C17H20N6O3/c1-11-6-2-5-9-13(11)17(24)22-21-16-14(23(25)26)15(18-10-19-16)20-12-7-3-4-8-12/h2,5-6,9-10,12H,3-4,7-8H2,1H3,(H,22,24)(H2,18,19,20,21). The predicted octanol–water partition coefficient (Wildman–Crippen LogP) is 2.80. The molecule has 1 fully saturated rings. The van der Waals surface area contributed by atoms with Crippen molar-refractivity contribution in [3.8, 4) is 0 Å². The summed E-state index contributed by atoms with van der Waals surface area (Å²) in [6, 6.07) is 7.23. The molecule has 1 amide bonds. The van der Waals surface area contributed by atoms with Gasteiger partial charge in [-0.2, -0.15) is 0 Å². The predicted molar refractivity (Wildman–Crippen MR) is 96.8 cm³/mol. The first-order chi connectivity index (χ1) is 12.6. The third-order valence-electron chi connectivity index (χ3n) is 4.38. The van der Waals surface area contributed by atoms with E-state index in [0.29, 0.717) is 5.56 Å². The maximum atomic E-state index is 12.3. The van der Waals surface area contributed by atoms with Gasteiger partial charge >= 0.3 is 5.69 Å². The number of hydrazine groups is 1. The molecule has 26 heavy (non-hydrogen) atoms. The number of carbonyl (C=O) groups is 1. The summed E-state index contributed by atoms with van der Waals surface area (Å²) in [5.74, 6) is -0.307. The molecule has 1 aliphatic carbocycles. The molecule has 3 rings (SSSR count). The molecule has 0 saturated heterocycles. The van der Waals surface area contributed by atoms with Gasteiger partial charge in [-0.25, -0.2) is 9.97 Å². The van der Waals surface area contributed by atoms with Crippen molar-refractivity contribution in [1.82, 2.24) is 15.4 Å². The van der Waals surface area contributed by atoms with Gasteiger partial charge in [0.15, 0.2) is 0 Å². The molecule has 0 atom stereocenters. The molecule has 3 N–H and O–H groups in total. The van der Waals surface area contributed by atoms with Gasteiger partial charge in [-0.1, -0.05) is 31.0 Å². The van der Waals surface area contributed by atoms with E-state index in [9.17, 15) is 14.9 Å². The van der Waals surface area contributed by atoms with E-state index >= 15 is 0 Å². The van der Waals surface area contributed by atoms with Crippen LogP contribution in [0.25, 0.3) is 0 Å². The number of benzene rings is 1. The van der Waals surface area contributed by atoms with Crippen molar-refractivity contribution >= 4 is 23.2 Å². The van der Waals surface area contributed by atoms with Crippen LogP contribution in [0.4, 0.5) is 17.3 Å². The summed E-state index contributed by atoms with van der Waals surface area (Å²) in [5.41, 5.74) is 6.00. The van der Waals surface area contributed by atoms with Gasteiger partial charge in [0.2, 0.25) is 11.6 Å². The molecule has 2 aromatic rings. The second-order valence-electron chi connectivity index (χ2n) is 6.20. The summed E-state index contributed by atoms with van der Waals surface area (Å²) in [7, 11) is 0. The molecule has 136 valence electrons. The number of amides is 1. The smallest absolute Gasteiger partial charge is 0.354 e. The Kier molecular flexibility index (Phi) is 5.26. The minimum Gasteiger partial charge on any atom is -0.361 e. The molecule has 9 heteroatoms. The van der Waals surface area contributed by atoms with Crippen molar-refractivity contribution in [3.63, 3.8) is 0 Å². The molecule has 1 aromatic heterocycles. The average molecular weight is 356 g/mol. The number of nitrogens with one attached hydrogen (secondary N) is 3. The van der Waals surface area contributed by atoms with E-state index in [1.807, 2.05) is 19.1 Å². The van der Waals surface area contributed by atoms with Gasteiger partial charge in [-0.05, 0) is 31.4 Å². The molecule has 0 radical (unpaired) electrons. The number of nitrogens with zero attached hydrogens (tertiary/aromatic N) is 3. The van der Waals surface area contributed by atoms with Crippen LogP contribution in [0.15, 0.2) is 30.6 Å². The first-order valence-corrected chi connectivity index (χ1v) is 8.44. The lowest BCUT2D eigenvalue weighted by Crippen LogP contribution is -2.31. The van der Waals surface area contributed by atoms with E-state index in [-0.39, 0.29) is 23.4 Å². The van der Waals surface area contributed by atoms with Crippen LogP contribution in [-0.4, -0.2) is 26.8 Å². The van der Waals surface area contributed by atoms with Gasteiger partial charge in [-0.3, -0.25) is 25.8 Å². The quantitative estimate of drug-likeness (QED) is 0.537. The number of aryl methyl sites for hydroxylation is 1. The number of nitro groups is 1. The Bertz CT molecular complexity index is 820. The van der Waals surface area contributed by atoms with Gasteiger partial charge in [0, 0.05) is 11.6 Å². The van der Waals surface area contributed by atoms with Crippen molar-refractivity contribution < 1.29 is 9.72 Å². The second-order valence-corrected chi connectivity index (χ2v) is 6.20. The maximum absolute atomic E-state index is 12.3. The highest BCUT2D eigenvalue weighted by Gasteiger charge is 2.26. The molecule has 1 saturated carbocycles. The Labute approximate surface area is 150 Å². The number of carbonyl (C=O) groups excluding carboxylic acids is 1. The molecule has 0 bridgehead atoms. The molecule has 1 aromatic carbocycles. The second kappa shape index (κ2) is 7.77. The fourth-order valence-corrected chi connectivity index (χ4v) is 3.02. The minimum atomic E-state index is -0.556. The van der Waals surface area contributed by atoms with Crippen LogP contribution in [0.1, 0.15) is 41.6 Å². The third-order valence-corrected chi connectivity index (χ3v) is 4.38. The minimum absolute atomic E-state index is 0.0626. The third kappa shape index (κ3) is 3.88. The van der Waals surface area contributed by atoms with Crippen LogP contribution in [0.2, 0.25) is 0 Å². The van der Waals surface area contributed by atoms with Crippen molar-refractivity contribution in [2.45, 2.75) is 38.6 Å². The van der Waals surface area contributed by atoms with E-state index in [1.165, 1.54) is 6.33 Å². The van der Waals surface area contributed by atoms with Crippen LogP contribution in [0.5, 0.6) is 0 Å². The first-order valence-electron chi connectivity index (χ1n) is 8.44. The summed E-state index contributed by atoms with van der Waals surface area (Å²) in [4.78, 5) is 31.2. The molecule has 1 heterocycles. The molecule has 1 aliphatic rings. The van der Waals surface area contributed by atoms with E-state index in [1.54, 1.807) is 12.1 Å². The Balaban J connectivity index is 1.77. The SMILES string of the molecule is Cc1ccccc1C(=O)NNc1ncnc(NC2CCCC2)c1[N+](=O)[O-]. The number of hydrogen-bond donors (Lipinski definition) is 3. The number of anilines is 2. The number of aromatic nitrogens is 2. The van der Waals surface area contributed by atoms with Gasteiger partial charge in [0.1, 0.15) is 6.33 Å². The van der Waals surface area contributed by atoms with Crippen molar-refractivity contribution in [1.29, 1.82) is 0 Å². The lowest BCUT2D eigenvalue weighted by molar-refractivity contribution is -0.383. The fourth-order valence-electron chi connectivity index (χ4n) is 3.02. The van der Waals surface area contributed by atoms with Crippen molar-refractivity contribution in [2.75, 3.05) is 10.7 Å². The van der Waals surface area contributed by atoms with Gasteiger partial charge in [0.05, 0.1) is 4.92 Å². The lowest BCUT2D eigenvalue weighted by atomic mass is 10.1. The van der Waals surface area contributed by atoms with Crippen LogP contribution >= 0.6 is 0 Å². The Morgan fingerprint density at radius 2 is 1.88 bits per heavy atom. The zero-order chi connectivity index (χ0) is 18.5. The Hall–Kier alpha value is -3.23. The Morgan fingerprint density at radius 3 is 2.58 bits per heavy atom. The summed E-state index contributed by atoms with van der Waals surface area (Å²) in [6.07, 6.45) is 5.32. The van der Waals surface area contributed by atoms with Crippen LogP contribution in [0, 0.1) is 17.0 Å². The van der Waals surface area contributed by atoms with E-state index < -0.39 is 10.8 Å². The Morgan fingerprint density at radius 1 is 1.19 bits per heavy atom. The van der Waals surface area contributed by atoms with Gasteiger partial charge in [-0.15, -0.1) is 0 Å². The van der Waals surface area contributed by atoms with E-state index in [0.717, 1.165) is 31.2 Å². The van der Waals surface area contributed by atoms with Crippen molar-refractivity contribution in [2.24, 2.45) is 0 Å². The van der Waals surface area contributed by atoms with Gasteiger partial charge < -0.3 is 5.32 Å². The van der Waals surface area contributed by atoms with E-state index in [2.05, 4.69) is 26.1 Å². The zero-order valence-electron chi connectivity index (χ0n) is 14.4. The maximum Gasteiger partial charge on any atom is 0.354 e. The monoisotopic (exact) mass is 356 g/mol. The molecule has 0 spiro atoms. The largest absolute Gasteiger partial charge is 0.361 e. The van der Waals surface area contributed by atoms with Crippen LogP contribution in [0.3, 0.4) is 0 Å². The average Bonchev–Trinajstić information content (AvgIpc) is 3.13. The molecular formula is C17H20N6O3. The summed E-state index contributed by atoms with van der Waals surface area (Å²) in [5, 5.41) is 14.6. The summed E-state index contributed by atoms with van der Waals surface area (Å²) >= 11 is 0. The lowest BCUT2D eigenvalue weighted by Gasteiger charge is -2.14. The van der Waals surface area contributed by atoms with Crippen LogP contribution < -0.4 is 16.2 Å². The first kappa shape index (κ1) is 17.6. The molecule has 9 nitrogen and oxygen atoms in total. The highest BCUT2D eigenvalue weighted by atomic mass is 16.6. The highest BCUT2D eigenvalue weighted by Crippen LogP contribution is 2.31. The normalized spacial score (nSPS) is 14.0. The zero-order valence-corrected chi connectivity index (χ0v) is 14.4. The van der Waals surface area contributed by atoms with E-state index in [4.69, 9.17) is 0 Å². The highest BCUT2D eigenvalue weighted by molar-refractivity contribution is 5.96. The number of hydrogen-bond acceptors (Lipinski definition) is 7. The van der Waals surface area contributed by atoms with Crippen molar-refractivity contribution in [3.05, 3.63) is 51.8 Å². The topological polar surface area (TPSA) is 122 Å². The fraction of sp³-hybridized carbons (Fsp3) is 0.353. The molecule has 0 aliphatic heterocycles. The molecule has 0 unspecified atom stereocenters. The van der Waals surface area contributed by atoms with Crippen LogP contribution in [-0.2, 0) is 0 Å². The number of rotatable bonds is 6. The molecular weight excluding hydrogens is 336 g/mol. The summed E-state index contributed by atoms with van der Waals surface area (Å²) in [6.45, 7) is 1.81. The summed E-state index contributed by atoms with van der Waals surface area (Å²) < 4.78 is 0. The van der Waals surface area contributed by atoms with Gasteiger partial charge in [0.25, 0.3) is 5.91 Å².